The summed E-state index contributed by atoms with van der Waals surface area (Å²) in [6, 6.07) is 6.24. The lowest BCUT2D eigenvalue weighted by atomic mass is 9.98. The smallest absolute Gasteiger partial charge is 0.305 e. The first-order valence-corrected chi connectivity index (χ1v) is 7.91. The second kappa shape index (κ2) is 7.72. The highest BCUT2D eigenvalue weighted by Crippen LogP contribution is 2.20. The van der Waals surface area contributed by atoms with Crippen LogP contribution in [0.1, 0.15) is 32.7 Å². The molecule has 1 heterocycles. The summed E-state index contributed by atoms with van der Waals surface area (Å²) in [4.78, 5) is 40.1. The van der Waals surface area contributed by atoms with Crippen LogP contribution >= 0.6 is 0 Å². The Labute approximate surface area is 139 Å². The molecule has 0 bridgehead atoms. The predicted molar refractivity (Wildman–Crippen MR) is 89.8 cm³/mol. The largest absolute Gasteiger partial charge is 0.481 e. The number of hydrogen-bond donors (Lipinski definition) is 2. The van der Waals surface area contributed by atoms with Crippen LogP contribution in [0, 0.1) is 5.92 Å². The Balaban J connectivity index is 2.38. The van der Waals surface area contributed by atoms with Gasteiger partial charge in [0.25, 0.3) is 5.56 Å². The van der Waals surface area contributed by atoms with Crippen LogP contribution in [0.3, 0.4) is 0 Å². The van der Waals surface area contributed by atoms with Crippen LogP contribution in [0.2, 0.25) is 0 Å². The molecule has 128 valence electrons. The van der Waals surface area contributed by atoms with Gasteiger partial charge in [0.05, 0.1) is 23.7 Å². The van der Waals surface area contributed by atoms with E-state index in [0.29, 0.717) is 17.3 Å². The Bertz CT molecular complexity index is 800. The lowest BCUT2D eigenvalue weighted by molar-refractivity contribution is -0.137. The summed E-state index contributed by atoms with van der Waals surface area (Å²) in [5.41, 5.74) is 0.298. The molecule has 2 rings (SSSR count). The topological polar surface area (TPSA) is 101 Å². The summed E-state index contributed by atoms with van der Waals surface area (Å²) in [7, 11) is 0. The summed E-state index contributed by atoms with van der Waals surface area (Å²) in [6.07, 6.45) is 1.92. The maximum atomic E-state index is 12.7. The number of hydrogen-bond acceptors (Lipinski definition) is 4. The molecule has 1 amide bonds. The van der Waals surface area contributed by atoms with E-state index in [-0.39, 0.29) is 30.3 Å². The molecule has 1 aromatic carbocycles. The average molecular weight is 331 g/mol. The minimum Gasteiger partial charge on any atom is -0.481 e. The third kappa shape index (κ3) is 3.79. The average Bonchev–Trinajstić information content (AvgIpc) is 2.56. The van der Waals surface area contributed by atoms with Gasteiger partial charge in [-0.2, -0.15) is 0 Å². The Morgan fingerprint density at radius 3 is 2.71 bits per heavy atom. The van der Waals surface area contributed by atoms with E-state index >= 15 is 0 Å². The monoisotopic (exact) mass is 331 g/mol. The Hall–Kier alpha value is -2.70. The lowest BCUT2D eigenvalue weighted by Crippen LogP contribution is -2.41. The van der Waals surface area contributed by atoms with Crippen molar-refractivity contribution in [2.45, 2.75) is 32.7 Å². The summed E-state index contributed by atoms with van der Waals surface area (Å²) in [5, 5.41) is 11.7. The lowest BCUT2D eigenvalue weighted by Gasteiger charge is -2.24. The zero-order valence-corrected chi connectivity index (χ0v) is 13.7. The predicted octanol–water partition coefficient (Wildman–Crippen LogP) is 1.57. The van der Waals surface area contributed by atoms with Gasteiger partial charge < -0.3 is 10.4 Å². The number of aliphatic carboxylic acids is 1. The van der Waals surface area contributed by atoms with E-state index in [4.69, 9.17) is 5.11 Å². The van der Waals surface area contributed by atoms with Gasteiger partial charge in [-0.25, -0.2) is 4.98 Å². The fraction of sp³-hybridized carbons (Fsp3) is 0.412. The summed E-state index contributed by atoms with van der Waals surface area (Å²) < 4.78 is 1.34. The highest BCUT2D eigenvalue weighted by molar-refractivity contribution is 5.82. The quantitative estimate of drug-likeness (QED) is 0.802. The zero-order chi connectivity index (χ0) is 17.7. The first-order valence-electron chi connectivity index (χ1n) is 7.91. The van der Waals surface area contributed by atoms with Crippen molar-refractivity contribution >= 4 is 22.8 Å². The molecule has 0 aliphatic rings. The summed E-state index contributed by atoms with van der Waals surface area (Å²) in [5.74, 6) is -1.46. The number of amides is 1. The maximum Gasteiger partial charge on any atom is 0.305 e. The van der Waals surface area contributed by atoms with Gasteiger partial charge in [-0.05, 0) is 18.1 Å². The normalized spacial score (nSPS) is 13.4. The van der Waals surface area contributed by atoms with Crippen LogP contribution in [0.15, 0.2) is 35.4 Å². The molecule has 0 saturated heterocycles. The minimum atomic E-state index is -0.986. The van der Waals surface area contributed by atoms with Crippen molar-refractivity contribution in [2.24, 2.45) is 5.92 Å². The maximum absolute atomic E-state index is 12.7. The van der Waals surface area contributed by atoms with Crippen molar-refractivity contribution < 1.29 is 14.7 Å². The van der Waals surface area contributed by atoms with Crippen molar-refractivity contribution in [1.82, 2.24) is 14.9 Å². The second-order valence-electron chi connectivity index (χ2n) is 5.74. The van der Waals surface area contributed by atoms with E-state index in [1.807, 2.05) is 13.8 Å². The van der Waals surface area contributed by atoms with Crippen LogP contribution in [-0.4, -0.2) is 33.1 Å². The number of fused-ring (bicyclic) bond motifs is 1. The Morgan fingerprint density at radius 2 is 2.04 bits per heavy atom. The molecule has 0 spiro atoms. The van der Waals surface area contributed by atoms with Gasteiger partial charge in [0.15, 0.2) is 0 Å². The molecule has 2 aromatic rings. The van der Waals surface area contributed by atoms with Crippen LogP contribution in [0.25, 0.3) is 10.9 Å². The molecule has 7 nitrogen and oxygen atoms in total. The van der Waals surface area contributed by atoms with Gasteiger partial charge in [0.2, 0.25) is 5.91 Å². The standard InChI is InChI=1S/C17H21N3O4/c1-3-11(2)15(16(23)18-9-8-14(21)22)20-10-19-13-7-5-4-6-12(13)17(20)24/h4-7,10-11,15H,3,8-9H2,1-2H3,(H,18,23)(H,21,22). The molecule has 0 aliphatic carbocycles. The first-order chi connectivity index (χ1) is 11.5. The molecular weight excluding hydrogens is 310 g/mol. The molecule has 7 heteroatoms. The van der Waals surface area contributed by atoms with Crippen LogP contribution < -0.4 is 10.9 Å². The molecule has 2 N–H and O–H groups in total. The number of benzene rings is 1. The van der Waals surface area contributed by atoms with E-state index in [2.05, 4.69) is 10.3 Å². The molecule has 0 radical (unpaired) electrons. The molecule has 2 atom stereocenters. The molecule has 0 aliphatic heterocycles. The molecule has 24 heavy (non-hydrogen) atoms. The highest BCUT2D eigenvalue weighted by Gasteiger charge is 2.27. The van der Waals surface area contributed by atoms with Crippen molar-refractivity contribution in [2.75, 3.05) is 6.54 Å². The number of carboxylic acid groups (broad SMARTS) is 1. The SMILES string of the molecule is CCC(C)C(C(=O)NCCC(=O)O)n1cnc2ccccc2c1=O. The number of para-hydroxylation sites is 1. The van der Waals surface area contributed by atoms with E-state index in [9.17, 15) is 14.4 Å². The molecular formula is C17H21N3O4. The van der Waals surface area contributed by atoms with Crippen molar-refractivity contribution in [1.29, 1.82) is 0 Å². The molecule has 1 aromatic heterocycles. The summed E-state index contributed by atoms with van der Waals surface area (Å²) >= 11 is 0. The van der Waals surface area contributed by atoms with Gasteiger partial charge in [-0.15, -0.1) is 0 Å². The van der Waals surface area contributed by atoms with E-state index < -0.39 is 12.0 Å². The highest BCUT2D eigenvalue weighted by atomic mass is 16.4. The van der Waals surface area contributed by atoms with Crippen molar-refractivity contribution in [3.63, 3.8) is 0 Å². The molecule has 0 fully saturated rings. The number of nitrogens with one attached hydrogen (secondary N) is 1. The van der Waals surface area contributed by atoms with Gasteiger partial charge in [-0.1, -0.05) is 32.4 Å². The van der Waals surface area contributed by atoms with Gasteiger partial charge in [0.1, 0.15) is 6.04 Å². The van der Waals surface area contributed by atoms with Crippen LogP contribution in [-0.2, 0) is 9.59 Å². The van der Waals surface area contributed by atoms with Crippen molar-refractivity contribution in [3.05, 3.63) is 40.9 Å². The first kappa shape index (κ1) is 17.7. The third-order valence-electron chi connectivity index (χ3n) is 4.08. The number of nitrogens with zero attached hydrogens (tertiary/aromatic N) is 2. The second-order valence-corrected chi connectivity index (χ2v) is 5.74. The van der Waals surface area contributed by atoms with E-state index in [0.717, 1.165) is 0 Å². The van der Waals surface area contributed by atoms with Crippen LogP contribution in [0.5, 0.6) is 0 Å². The van der Waals surface area contributed by atoms with Crippen LogP contribution in [0.4, 0.5) is 0 Å². The van der Waals surface area contributed by atoms with E-state index in [1.165, 1.54) is 10.9 Å². The number of carbonyl (C=O) groups excluding carboxylic acids is 1. The Morgan fingerprint density at radius 1 is 1.33 bits per heavy atom. The molecule has 2 unspecified atom stereocenters. The van der Waals surface area contributed by atoms with Crippen molar-refractivity contribution in [3.8, 4) is 0 Å². The number of carbonyl (C=O) groups is 2. The van der Waals surface area contributed by atoms with Gasteiger partial charge in [0, 0.05) is 6.54 Å². The van der Waals surface area contributed by atoms with Gasteiger partial charge in [-0.3, -0.25) is 19.0 Å². The minimum absolute atomic E-state index is 0.0247. The summed E-state index contributed by atoms with van der Waals surface area (Å²) in [6.45, 7) is 3.83. The van der Waals surface area contributed by atoms with E-state index in [1.54, 1.807) is 24.3 Å². The number of rotatable bonds is 7. The number of aromatic nitrogens is 2. The fourth-order valence-electron chi connectivity index (χ4n) is 2.56. The molecule has 0 saturated carbocycles. The third-order valence-corrected chi connectivity index (χ3v) is 4.08. The zero-order valence-electron chi connectivity index (χ0n) is 13.7. The Kier molecular flexibility index (Phi) is 5.68. The number of carboxylic acids is 1. The van der Waals surface area contributed by atoms with Gasteiger partial charge >= 0.3 is 5.97 Å². The fourth-order valence-corrected chi connectivity index (χ4v) is 2.56.